The van der Waals surface area contributed by atoms with Crippen molar-refractivity contribution in [2.24, 2.45) is 0 Å². The highest BCUT2D eigenvalue weighted by atomic mass is 16.5. The van der Waals surface area contributed by atoms with Crippen molar-refractivity contribution in [3.05, 3.63) is 0 Å². The molecule has 1 aliphatic rings. The normalized spacial score (nSPS) is 43.7. The molecule has 0 spiro atoms. The van der Waals surface area contributed by atoms with E-state index in [2.05, 4.69) is 0 Å². The molecule has 0 bridgehead atoms. The maximum Gasteiger partial charge on any atom is 0.0836 e. The number of hydrogen-bond acceptors (Lipinski definition) is 3. The molecule has 54 valence electrons. The minimum atomic E-state index is -0.387. The Morgan fingerprint density at radius 3 is 2.56 bits per heavy atom. The van der Waals surface area contributed by atoms with Crippen molar-refractivity contribution in [3.8, 4) is 0 Å². The third-order valence-corrected chi connectivity index (χ3v) is 1.66. The largest absolute Gasteiger partial charge is 0.394 e. The van der Waals surface area contributed by atoms with Gasteiger partial charge in [-0.3, -0.25) is 0 Å². The van der Waals surface area contributed by atoms with Crippen LogP contribution in [0.1, 0.15) is 13.3 Å². The number of hydrogen-bond donors (Lipinski definition) is 2. The molecule has 0 amide bonds. The van der Waals surface area contributed by atoms with Gasteiger partial charge >= 0.3 is 0 Å². The van der Waals surface area contributed by atoms with Crippen LogP contribution < -0.4 is 0 Å². The van der Waals surface area contributed by atoms with Gasteiger partial charge in [-0.15, -0.1) is 0 Å². The van der Waals surface area contributed by atoms with Crippen LogP contribution >= 0.6 is 0 Å². The Balaban J connectivity index is 2.35. The zero-order chi connectivity index (χ0) is 6.85. The fourth-order valence-electron chi connectivity index (χ4n) is 1.03. The summed E-state index contributed by atoms with van der Waals surface area (Å²) in [4.78, 5) is 0. The van der Waals surface area contributed by atoms with Crippen LogP contribution in [-0.2, 0) is 4.74 Å². The summed E-state index contributed by atoms with van der Waals surface area (Å²) in [5.41, 5.74) is 0. The maximum atomic E-state index is 9.06. The summed E-state index contributed by atoms with van der Waals surface area (Å²) >= 11 is 0. The molecule has 0 aliphatic carbocycles. The molecule has 0 aromatic carbocycles. The van der Waals surface area contributed by atoms with Crippen molar-refractivity contribution in [1.29, 1.82) is 0 Å². The van der Waals surface area contributed by atoms with Crippen molar-refractivity contribution in [2.75, 3.05) is 6.61 Å². The second-order valence-electron chi connectivity index (χ2n) is 2.45. The lowest BCUT2D eigenvalue weighted by Crippen LogP contribution is -2.15. The minimum absolute atomic E-state index is 0.0153. The second kappa shape index (κ2) is 2.64. The third-order valence-electron chi connectivity index (χ3n) is 1.66. The molecule has 9 heavy (non-hydrogen) atoms. The Morgan fingerprint density at radius 2 is 2.33 bits per heavy atom. The van der Waals surface area contributed by atoms with Gasteiger partial charge in [0.15, 0.2) is 0 Å². The van der Waals surface area contributed by atoms with Crippen molar-refractivity contribution in [3.63, 3.8) is 0 Å². The highest BCUT2D eigenvalue weighted by Crippen LogP contribution is 2.18. The molecule has 1 saturated heterocycles. The van der Waals surface area contributed by atoms with E-state index in [1.54, 1.807) is 6.92 Å². The predicted molar refractivity (Wildman–Crippen MR) is 32.0 cm³/mol. The van der Waals surface area contributed by atoms with Crippen LogP contribution in [0.4, 0.5) is 0 Å². The Kier molecular flexibility index (Phi) is 2.05. The third kappa shape index (κ3) is 1.41. The van der Waals surface area contributed by atoms with E-state index in [1.165, 1.54) is 0 Å². The van der Waals surface area contributed by atoms with Gasteiger partial charge in [-0.05, 0) is 6.92 Å². The lowest BCUT2D eigenvalue weighted by molar-refractivity contribution is 0.000607. The Morgan fingerprint density at radius 1 is 1.67 bits per heavy atom. The smallest absolute Gasteiger partial charge is 0.0836 e. The van der Waals surface area contributed by atoms with Crippen LogP contribution in [0.2, 0.25) is 0 Å². The average Bonchev–Trinajstić information content (AvgIpc) is 2.13. The minimum Gasteiger partial charge on any atom is -0.394 e. The first-order valence-electron chi connectivity index (χ1n) is 3.18. The zero-order valence-electron chi connectivity index (χ0n) is 5.45. The first-order valence-corrected chi connectivity index (χ1v) is 3.18. The molecule has 1 heterocycles. The van der Waals surface area contributed by atoms with Crippen molar-refractivity contribution in [1.82, 2.24) is 0 Å². The molecular formula is C6H12O3. The average molecular weight is 132 g/mol. The lowest BCUT2D eigenvalue weighted by Gasteiger charge is -2.05. The van der Waals surface area contributed by atoms with E-state index in [0.29, 0.717) is 6.42 Å². The van der Waals surface area contributed by atoms with E-state index in [0.717, 1.165) is 0 Å². The van der Waals surface area contributed by atoms with E-state index in [-0.39, 0.29) is 24.9 Å². The Bertz CT molecular complexity index is 84.3. The van der Waals surface area contributed by atoms with Crippen LogP contribution in [-0.4, -0.2) is 35.1 Å². The van der Waals surface area contributed by atoms with Crippen molar-refractivity contribution >= 4 is 0 Å². The maximum absolute atomic E-state index is 9.06. The molecule has 3 atom stereocenters. The summed E-state index contributed by atoms with van der Waals surface area (Å²) in [5.74, 6) is 0. The van der Waals surface area contributed by atoms with E-state index < -0.39 is 0 Å². The van der Waals surface area contributed by atoms with Crippen molar-refractivity contribution < 1.29 is 14.9 Å². The number of ether oxygens (including phenoxy) is 1. The molecule has 0 aromatic rings. The summed E-state index contributed by atoms with van der Waals surface area (Å²) < 4.78 is 5.12. The zero-order valence-corrected chi connectivity index (χ0v) is 5.45. The van der Waals surface area contributed by atoms with Crippen LogP contribution in [0.15, 0.2) is 0 Å². The van der Waals surface area contributed by atoms with Gasteiger partial charge in [0.2, 0.25) is 0 Å². The lowest BCUT2D eigenvalue weighted by atomic mass is 10.2. The first-order chi connectivity index (χ1) is 4.24. The van der Waals surface area contributed by atoms with Crippen LogP contribution in [0, 0.1) is 0 Å². The van der Waals surface area contributed by atoms with Gasteiger partial charge in [0.1, 0.15) is 0 Å². The molecular weight excluding hydrogens is 120 g/mol. The topological polar surface area (TPSA) is 49.7 Å². The standard InChI is InChI=1S/C6H12O3/c1-4-6(8)2-5(3-7)9-4/h4-8H,2-3H2,1H3/t4-,5+,6+/m1/s1. The fourth-order valence-corrected chi connectivity index (χ4v) is 1.03. The summed E-state index contributed by atoms with van der Waals surface area (Å²) in [6.07, 6.45) is -0.0724. The second-order valence-corrected chi connectivity index (χ2v) is 2.45. The molecule has 3 nitrogen and oxygen atoms in total. The highest BCUT2D eigenvalue weighted by Gasteiger charge is 2.29. The predicted octanol–water partition coefficient (Wildman–Crippen LogP) is -0.483. The van der Waals surface area contributed by atoms with Gasteiger partial charge < -0.3 is 14.9 Å². The van der Waals surface area contributed by atoms with E-state index in [1.807, 2.05) is 0 Å². The Hall–Kier alpha value is -0.120. The monoisotopic (exact) mass is 132 g/mol. The van der Waals surface area contributed by atoms with Gasteiger partial charge in [-0.2, -0.15) is 0 Å². The summed E-state index contributed by atoms with van der Waals surface area (Å²) in [6.45, 7) is 1.82. The van der Waals surface area contributed by atoms with Crippen LogP contribution in [0.3, 0.4) is 0 Å². The molecule has 0 aromatic heterocycles. The number of rotatable bonds is 1. The molecule has 2 N–H and O–H groups in total. The fraction of sp³-hybridized carbons (Fsp3) is 1.00. The SMILES string of the molecule is C[C@H]1O[C@H](CO)C[C@@H]1O. The molecule has 0 radical (unpaired) electrons. The van der Waals surface area contributed by atoms with Gasteiger partial charge in [-0.1, -0.05) is 0 Å². The van der Waals surface area contributed by atoms with E-state index >= 15 is 0 Å². The van der Waals surface area contributed by atoms with Gasteiger partial charge in [0, 0.05) is 6.42 Å². The number of aliphatic hydroxyl groups is 2. The van der Waals surface area contributed by atoms with Gasteiger partial charge in [0.25, 0.3) is 0 Å². The van der Waals surface area contributed by atoms with Gasteiger partial charge in [0.05, 0.1) is 24.9 Å². The summed E-state index contributed by atoms with van der Waals surface area (Å²) in [5, 5.41) is 17.6. The Labute approximate surface area is 54.3 Å². The quantitative estimate of drug-likeness (QED) is 0.506. The highest BCUT2D eigenvalue weighted by molar-refractivity contribution is 4.77. The molecule has 0 saturated carbocycles. The van der Waals surface area contributed by atoms with E-state index in [4.69, 9.17) is 14.9 Å². The van der Waals surface area contributed by atoms with Crippen LogP contribution in [0.5, 0.6) is 0 Å². The van der Waals surface area contributed by atoms with Gasteiger partial charge in [-0.25, -0.2) is 0 Å². The molecule has 1 fully saturated rings. The summed E-state index contributed by atoms with van der Waals surface area (Å²) in [6, 6.07) is 0. The first kappa shape index (κ1) is 6.99. The molecule has 1 rings (SSSR count). The number of aliphatic hydroxyl groups excluding tert-OH is 2. The van der Waals surface area contributed by atoms with E-state index in [9.17, 15) is 0 Å². The molecule has 3 heteroatoms. The van der Waals surface area contributed by atoms with Crippen molar-refractivity contribution in [2.45, 2.75) is 31.7 Å². The molecule has 1 aliphatic heterocycles. The van der Waals surface area contributed by atoms with Crippen LogP contribution in [0.25, 0.3) is 0 Å². The summed E-state index contributed by atoms with van der Waals surface area (Å²) in [7, 11) is 0. The molecule has 0 unspecified atom stereocenters.